The summed E-state index contributed by atoms with van der Waals surface area (Å²) in [5.41, 5.74) is -0.114. The maximum absolute atomic E-state index is 13.8. The zero-order chi connectivity index (χ0) is 15.9. The van der Waals surface area contributed by atoms with E-state index in [1.54, 1.807) is 18.2 Å². The van der Waals surface area contributed by atoms with Crippen molar-refractivity contribution in [2.45, 2.75) is 12.6 Å². The number of hydrogen-bond acceptors (Lipinski definition) is 1. The predicted molar refractivity (Wildman–Crippen MR) is 83.7 cm³/mol. The van der Waals surface area contributed by atoms with Gasteiger partial charge in [-0.1, -0.05) is 18.2 Å². The summed E-state index contributed by atoms with van der Waals surface area (Å²) in [4.78, 5) is 0.820. The second-order valence-corrected chi connectivity index (χ2v) is 6.85. The van der Waals surface area contributed by atoms with Crippen molar-refractivity contribution in [3.63, 3.8) is 0 Å². The van der Waals surface area contributed by atoms with E-state index in [-0.39, 0.29) is 5.82 Å². The number of hydrogen-bond donors (Lipinski definition) is 0. The van der Waals surface area contributed by atoms with Crippen LogP contribution in [0.4, 0.5) is 17.6 Å². The van der Waals surface area contributed by atoms with E-state index < -0.39 is 11.7 Å². The number of halogens is 5. The molecule has 2 aromatic carbocycles. The van der Waals surface area contributed by atoms with Crippen molar-refractivity contribution < 1.29 is 17.6 Å². The van der Waals surface area contributed by atoms with Gasteiger partial charge in [-0.15, -0.1) is 11.3 Å². The van der Waals surface area contributed by atoms with E-state index in [1.807, 2.05) is 0 Å². The fraction of sp³-hybridized carbons (Fsp3) is 0.125. The Morgan fingerprint density at radius 2 is 1.82 bits per heavy atom. The molecule has 0 aliphatic carbocycles. The van der Waals surface area contributed by atoms with Crippen LogP contribution in [-0.4, -0.2) is 0 Å². The summed E-state index contributed by atoms with van der Waals surface area (Å²) in [6, 6.07) is 9.91. The minimum Gasteiger partial charge on any atom is -0.206 e. The number of alkyl halides is 3. The summed E-state index contributed by atoms with van der Waals surface area (Å²) in [5.74, 6) is -0.329. The zero-order valence-corrected chi connectivity index (χ0v) is 13.4. The molecule has 0 spiro atoms. The minimum atomic E-state index is -4.36. The SMILES string of the molecule is Fc1ccc(Br)c2sc(Cc3cccc(C(F)(F)F)c3)cc12. The lowest BCUT2D eigenvalue weighted by Crippen LogP contribution is -2.05. The van der Waals surface area contributed by atoms with Crippen LogP contribution in [0.3, 0.4) is 0 Å². The lowest BCUT2D eigenvalue weighted by atomic mass is 10.1. The Morgan fingerprint density at radius 3 is 2.50 bits per heavy atom. The van der Waals surface area contributed by atoms with Crippen LogP contribution in [0.1, 0.15) is 16.0 Å². The Balaban J connectivity index is 1.97. The second-order valence-electron chi connectivity index (χ2n) is 4.86. The van der Waals surface area contributed by atoms with Crippen LogP contribution in [0, 0.1) is 5.82 Å². The molecule has 0 amide bonds. The van der Waals surface area contributed by atoms with E-state index >= 15 is 0 Å². The van der Waals surface area contributed by atoms with E-state index in [0.717, 1.165) is 26.2 Å². The molecule has 0 aliphatic rings. The van der Waals surface area contributed by atoms with Crippen molar-refractivity contribution in [3.05, 3.63) is 68.8 Å². The summed E-state index contributed by atoms with van der Waals surface area (Å²) in [6.45, 7) is 0. The summed E-state index contributed by atoms with van der Waals surface area (Å²) in [5, 5.41) is 0.487. The topological polar surface area (TPSA) is 0 Å². The average Bonchev–Trinajstić information content (AvgIpc) is 2.87. The van der Waals surface area contributed by atoms with Crippen LogP contribution in [0.25, 0.3) is 10.1 Å². The number of rotatable bonds is 2. The van der Waals surface area contributed by atoms with Gasteiger partial charge in [0.25, 0.3) is 0 Å². The highest BCUT2D eigenvalue weighted by molar-refractivity contribution is 9.10. The van der Waals surface area contributed by atoms with Gasteiger partial charge in [0.05, 0.1) is 10.3 Å². The molecule has 0 saturated heterocycles. The van der Waals surface area contributed by atoms with Crippen LogP contribution < -0.4 is 0 Å². The molecule has 114 valence electrons. The van der Waals surface area contributed by atoms with Gasteiger partial charge in [-0.25, -0.2) is 4.39 Å². The molecular weight excluding hydrogens is 380 g/mol. The van der Waals surface area contributed by atoms with Gasteiger partial charge in [0.15, 0.2) is 0 Å². The first kappa shape index (κ1) is 15.5. The van der Waals surface area contributed by atoms with Crippen LogP contribution in [0.5, 0.6) is 0 Å². The largest absolute Gasteiger partial charge is 0.416 e. The first-order chi connectivity index (χ1) is 10.3. The molecule has 6 heteroatoms. The molecule has 0 saturated carbocycles. The quantitative estimate of drug-likeness (QED) is 0.444. The fourth-order valence-corrected chi connectivity index (χ4v) is 3.95. The van der Waals surface area contributed by atoms with Gasteiger partial charge < -0.3 is 0 Å². The highest BCUT2D eigenvalue weighted by Crippen LogP contribution is 2.35. The molecule has 0 nitrogen and oxygen atoms in total. The molecule has 0 bridgehead atoms. The number of benzene rings is 2. The molecule has 0 atom stereocenters. The predicted octanol–water partition coefficient (Wildman–Crippen LogP) is 6.41. The van der Waals surface area contributed by atoms with Gasteiger partial charge in [-0.3, -0.25) is 0 Å². The molecule has 3 aromatic rings. The Hall–Kier alpha value is -1.40. The third kappa shape index (κ3) is 3.03. The van der Waals surface area contributed by atoms with Crippen molar-refractivity contribution in [2.24, 2.45) is 0 Å². The van der Waals surface area contributed by atoms with E-state index in [0.29, 0.717) is 17.4 Å². The Bertz CT molecular complexity index is 797. The summed E-state index contributed by atoms with van der Waals surface area (Å²) in [7, 11) is 0. The Morgan fingerprint density at radius 1 is 1.05 bits per heavy atom. The van der Waals surface area contributed by atoms with Gasteiger partial charge in [0.1, 0.15) is 5.82 Å². The van der Waals surface area contributed by atoms with Gasteiger partial charge in [-0.05, 0) is 45.8 Å². The Kier molecular flexibility index (Phi) is 3.99. The Labute approximate surface area is 136 Å². The second kappa shape index (κ2) is 5.66. The molecule has 0 aliphatic heterocycles. The van der Waals surface area contributed by atoms with Crippen LogP contribution in [0.2, 0.25) is 0 Å². The minimum absolute atomic E-state index is 0.329. The summed E-state index contributed by atoms with van der Waals surface area (Å²) in [6.07, 6.45) is -4.01. The number of thiophene rings is 1. The van der Waals surface area contributed by atoms with E-state index in [1.165, 1.54) is 23.5 Å². The van der Waals surface area contributed by atoms with Crippen LogP contribution in [-0.2, 0) is 12.6 Å². The summed E-state index contributed by atoms with van der Waals surface area (Å²) >= 11 is 4.74. The highest BCUT2D eigenvalue weighted by Gasteiger charge is 2.30. The van der Waals surface area contributed by atoms with Crippen molar-refractivity contribution in [1.29, 1.82) is 0 Å². The summed E-state index contributed by atoms with van der Waals surface area (Å²) < 4.78 is 53.5. The van der Waals surface area contributed by atoms with Gasteiger partial charge in [-0.2, -0.15) is 13.2 Å². The third-order valence-electron chi connectivity index (χ3n) is 3.27. The first-order valence-electron chi connectivity index (χ1n) is 6.37. The highest BCUT2D eigenvalue weighted by atomic mass is 79.9. The maximum Gasteiger partial charge on any atom is 0.416 e. The zero-order valence-electron chi connectivity index (χ0n) is 11.0. The van der Waals surface area contributed by atoms with E-state index in [4.69, 9.17) is 0 Å². The fourth-order valence-electron chi connectivity index (χ4n) is 2.25. The third-order valence-corrected chi connectivity index (χ3v) is 5.36. The van der Waals surface area contributed by atoms with Gasteiger partial charge in [0, 0.05) is 21.2 Å². The molecule has 22 heavy (non-hydrogen) atoms. The van der Waals surface area contributed by atoms with Gasteiger partial charge in [0.2, 0.25) is 0 Å². The van der Waals surface area contributed by atoms with Crippen LogP contribution >= 0.6 is 27.3 Å². The lowest BCUT2D eigenvalue weighted by Gasteiger charge is -2.08. The molecule has 0 unspecified atom stereocenters. The van der Waals surface area contributed by atoms with Crippen molar-refractivity contribution in [1.82, 2.24) is 0 Å². The molecule has 3 rings (SSSR count). The standard InChI is InChI=1S/C16H9BrF4S/c17-13-4-5-14(18)12-8-11(22-15(12)13)7-9-2-1-3-10(6-9)16(19,20)21/h1-6,8H,7H2. The molecule has 0 radical (unpaired) electrons. The van der Waals surface area contributed by atoms with E-state index in [9.17, 15) is 17.6 Å². The maximum atomic E-state index is 13.8. The van der Waals surface area contributed by atoms with Crippen LogP contribution in [0.15, 0.2) is 46.9 Å². The lowest BCUT2D eigenvalue weighted by molar-refractivity contribution is -0.137. The average molecular weight is 389 g/mol. The molecule has 1 heterocycles. The molecular formula is C16H9BrF4S. The van der Waals surface area contributed by atoms with Crippen molar-refractivity contribution >= 4 is 37.4 Å². The normalized spacial score (nSPS) is 12.0. The first-order valence-corrected chi connectivity index (χ1v) is 7.98. The molecule has 0 N–H and O–H groups in total. The van der Waals surface area contributed by atoms with Crippen molar-refractivity contribution in [3.8, 4) is 0 Å². The van der Waals surface area contributed by atoms with Crippen molar-refractivity contribution in [2.75, 3.05) is 0 Å². The smallest absolute Gasteiger partial charge is 0.206 e. The van der Waals surface area contributed by atoms with Gasteiger partial charge >= 0.3 is 6.18 Å². The molecule has 0 fully saturated rings. The monoisotopic (exact) mass is 388 g/mol. The van der Waals surface area contributed by atoms with E-state index in [2.05, 4.69) is 15.9 Å². The molecule has 1 aromatic heterocycles. The number of fused-ring (bicyclic) bond motifs is 1.